The van der Waals surface area contributed by atoms with Crippen molar-refractivity contribution >= 4 is 23.4 Å². The molecule has 2 aromatic rings. The van der Waals surface area contributed by atoms with Gasteiger partial charge in [0.1, 0.15) is 6.04 Å². The maximum atomic E-state index is 13.4. The summed E-state index contributed by atoms with van der Waals surface area (Å²) in [4.78, 5) is 42.4. The van der Waals surface area contributed by atoms with Crippen LogP contribution in [0.3, 0.4) is 0 Å². The number of imide groups is 1. The monoisotopic (exact) mass is 434 g/mol. The van der Waals surface area contributed by atoms with Gasteiger partial charge in [0, 0.05) is 13.0 Å². The Morgan fingerprint density at radius 3 is 2.16 bits per heavy atom. The number of amides is 3. The Morgan fingerprint density at radius 2 is 1.62 bits per heavy atom. The molecule has 0 bridgehead atoms. The largest absolute Gasteiger partial charge is 0.326 e. The van der Waals surface area contributed by atoms with Crippen LogP contribution in [0, 0.1) is 12.3 Å². The third-order valence-corrected chi connectivity index (χ3v) is 5.79. The molecule has 0 spiro atoms. The lowest BCUT2D eigenvalue weighted by Crippen LogP contribution is -2.46. The molecule has 32 heavy (non-hydrogen) atoms. The van der Waals surface area contributed by atoms with Crippen LogP contribution in [-0.2, 0) is 20.9 Å². The lowest BCUT2D eigenvalue weighted by molar-refractivity contribution is -0.140. The van der Waals surface area contributed by atoms with E-state index >= 15 is 0 Å². The third-order valence-electron chi connectivity index (χ3n) is 5.79. The van der Waals surface area contributed by atoms with Crippen LogP contribution in [0.5, 0.6) is 0 Å². The fourth-order valence-electron chi connectivity index (χ4n) is 3.96. The first-order chi connectivity index (χ1) is 15.0. The number of benzene rings is 2. The summed E-state index contributed by atoms with van der Waals surface area (Å²) in [6.45, 7) is 12.5. The first kappa shape index (κ1) is 23.7. The molecule has 5 heteroatoms. The van der Waals surface area contributed by atoms with Gasteiger partial charge in [0.25, 0.3) is 5.91 Å². The minimum atomic E-state index is -0.788. The summed E-state index contributed by atoms with van der Waals surface area (Å²) in [6.07, 6.45) is 0.312. The Morgan fingerprint density at radius 1 is 1.03 bits per heavy atom. The molecule has 0 saturated carbocycles. The van der Waals surface area contributed by atoms with Crippen molar-refractivity contribution in [2.75, 3.05) is 4.90 Å². The van der Waals surface area contributed by atoms with Crippen LogP contribution in [0.4, 0.5) is 5.69 Å². The van der Waals surface area contributed by atoms with Crippen LogP contribution in [-0.4, -0.2) is 28.7 Å². The Bertz CT molecular complexity index is 985. The first-order valence-corrected chi connectivity index (χ1v) is 11.3. The van der Waals surface area contributed by atoms with Crippen molar-refractivity contribution in [2.45, 2.75) is 72.9 Å². The molecule has 1 fully saturated rings. The van der Waals surface area contributed by atoms with Crippen LogP contribution >= 0.6 is 0 Å². The van der Waals surface area contributed by atoms with Crippen molar-refractivity contribution in [1.82, 2.24) is 4.90 Å². The van der Waals surface area contributed by atoms with Crippen LogP contribution < -0.4 is 4.90 Å². The number of rotatable bonds is 6. The molecule has 170 valence electrons. The zero-order chi connectivity index (χ0) is 23.6. The van der Waals surface area contributed by atoms with Gasteiger partial charge in [0.05, 0.1) is 12.1 Å². The van der Waals surface area contributed by atoms with Gasteiger partial charge in [-0.2, -0.15) is 0 Å². The van der Waals surface area contributed by atoms with Gasteiger partial charge >= 0.3 is 0 Å². The van der Waals surface area contributed by atoms with Crippen LogP contribution in [0.25, 0.3) is 0 Å². The van der Waals surface area contributed by atoms with Gasteiger partial charge in [-0.3, -0.25) is 14.4 Å². The number of hydrogen-bond acceptors (Lipinski definition) is 3. The number of anilines is 1. The molecular weight excluding hydrogens is 400 g/mol. The second-order valence-corrected chi connectivity index (χ2v) is 10.3. The average molecular weight is 435 g/mol. The van der Waals surface area contributed by atoms with E-state index in [1.807, 2.05) is 76.2 Å². The van der Waals surface area contributed by atoms with Crippen molar-refractivity contribution in [3.63, 3.8) is 0 Å². The molecule has 1 aliphatic heterocycles. The number of aryl methyl sites for hydroxylation is 1. The lowest BCUT2D eigenvalue weighted by Gasteiger charge is -2.30. The smallest absolute Gasteiger partial charge is 0.257 e. The standard InChI is InChI=1S/C27H34N2O3/c1-18(2)21-11-13-22(14-12-21)29-24(30)15-23(26(29)32)28(25(31)16-27(4,5)6)17-20-9-7-19(3)8-10-20/h7-14,18,23H,15-17H2,1-6H3. The molecule has 3 amide bonds. The molecule has 5 nitrogen and oxygen atoms in total. The topological polar surface area (TPSA) is 57.7 Å². The Labute approximate surface area is 191 Å². The molecule has 1 unspecified atom stereocenters. The van der Waals surface area contributed by atoms with E-state index in [0.717, 1.165) is 16.7 Å². The number of carbonyl (C=O) groups is 3. The van der Waals surface area contributed by atoms with Crippen molar-refractivity contribution in [1.29, 1.82) is 0 Å². The highest BCUT2D eigenvalue weighted by Crippen LogP contribution is 2.30. The normalized spacial score (nSPS) is 16.7. The summed E-state index contributed by atoms with van der Waals surface area (Å²) in [5, 5.41) is 0. The summed E-state index contributed by atoms with van der Waals surface area (Å²) in [5.41, 5.74) is 3.55. The number of nitrogens with zero attached hydrogens (tertiary/aromatic N) is 2. The zero-order valence-corrected chi connectivity index (χ0v) is 20.0. The zero-order valence-electron chi connectivity index (χ0n) is 20.0. The molecule has 0 aliphatic carbocycles. The minimum Gasteiger partial charge on any atom is -0.326 e. The van der Waals surface area contributed by atoms with E-state index in [-0.39, 0.29) is 29.6 Å². The quantitative estimate of drug-likeness (QED) is 0.586. The third kappa shape index (κ3) is 5.45. The van der Waals surface area contributed by atoms with Gasteiger partial charge in [-0.1, -0.05) is 76.6 Å². The second-order valence-electron chi connectivity index (χ2n) is 10.3. The summed E-state index contributed by atoms with van der Waals surface area (Å²) < 4.78 is 0. The highest BCUT2D eigenvalue weighted by atomic mass is 16.2. The maximum Gasteiger partial charge on any atom is 0.257 e. The summed E-state index contributed by atoms with van der Waals surface area (Å²) in [7, 11) is 0. The predicted octanol–water partition coefficient (Wildman–Crippen LogP) is 5.22. The van der Waals surface area contributed by atoms with Gasteiger partial charge in [0.2, 0.25) is 11.8 Å². The lowest BCUT2D eigenvalue weighted by atomic mass is 9.91. The van der Waals surface area contributed by atoms with Gasteiger partial charge in [-0.05, 0) is 41.5 Å². The van der Waals surface area contributed by atoms with Gasteiger partial charge in [0.15, 0.2) is 0 Å². The SMILES string of the molecule is Cc1ccc(CN(C(=O)CC(C)(C)C)C2CC(=O)N(c3ccc(C(C)C)cc3)C2=O)cc1. The van der Waals surface area contributed by atoms with E-state index in [0.29, 0.717) is 24.6 Å². The highest BCUT2D eigenvalue weighted by molar-refractivity contribution is 6.23. The minimum absolute atomic E-state index is 0.00646. The fraction of sp³-hybridized carbons (Fsp3) is 0.444. The van der Waals surface area contributed by atoms with Crippen molar-refractivity contribution < 1.29 is 14.4 Å². The molecule has 1 saturated heterocycles. The van der Waals surface area contributed by atoms with Crippen LogP contribution in [0.15, 0.2) is 48.5 Å². The molecule has 0 aromatic heterocycles. The number of carbonyl (C=O) groups excluding carboxylic acids is 3. The summed E-state index contributed by atoms with van der Waals surface area (Å²) in [6, 6.07) is 14.7. The van der Waals surface area contributed by atoms with Crippen LogP contribution in [0.2, 0.25) is 0 Å². The first-order valence-electron chi connectivity index (χ1n) is 11.3. The molecule has 0 N–H and O–H groups in total. The molecule has 2 aromatic carbocycles. The molecule has 3 rings (SSSR count). The Kier molecular flexibility index (Phi) is 6.87. The predicted molar refractivity (Wildman–Crippen MR) is 127 cm³/mol. The molecular formula is C27H34N2O3. The maximum absolute atomic E-state index is 13.4. The van der Waals surface area contributed by atoms with E-state index < -0.39 is 6.04 Å². The summed E-state index contributed by atoms with van der Waals surface area (Å²) in [5.74, 6) is -0.348. The number of hydrogen-bond donors (Lipinski definition) is 0. The molecule has 1 aliphatic rings. The highest BCUT2D eigenvalue weighted by Gasteiger charge is 2.44. The Hall–Kier alpha value is -2.95. The van der Waals surface area contributed by atoms with Crippen molar-refractivity contribution in [3.8, 4) is 0 Å². The molecule has 0 radical (unpaired) electrons. The van der Waals surface area contributed by atoms with E-state index in [1.54, 1.807) is 4.90 Å². The van der Waals surface area contributed by atoms with Gasteiger partial charge < -0.3 is 4.90 Å². The van der Waals surface area contributed by atoms with E-state index in [2.05, 4.69) is 13.8 Å². The summed E-state index contributed by atoms with van der Waals surface area (Å²) >= 11 is 0. The molecule has 1 atom stereocenters. The van der Waals surface area contributed by atoms with E-state index in [1.165, 1.54) is 4.90 Å². The average Bonchev–Trinajstić information content (AvgIpc) is 3.00. The van der Waals surface area contributed by atoms with Crippen molar-refractivity contribution in [3.05, 3.63) is 65.2 Å². The Balaban J connectivity index is 1.89. The van der Waals surface area contributed by atoms with Gasteiger partial charge in [-0.15, -0.1) is 0 Å². The second kappa shape index (κ2) is 9.27. The fourth-order valence-corrected chi connectivity index (χ4v) is 3.96. The van der Waals surface area contributed by atoms with Crippen molar-refractivity contribution in [2.24, 2.45) is 5.41 Å². The van der Waals surface area contributed by atoms with E-state index in [9.17, 15) is 14.4 Å². The van der Waals surface area contributed by atoms with E-state index in [4.69, 9.17) is 0 Å². The molecule has 1 heterocycles. The van der Waals surface area contributed by atoms with Crippen LogP contribution in [0.1, 0.15) is 70.1 Å². The van der Waals surface area contributed by atoms with Gasteiger partial charge in [-0.25, -0.2) is 4.90 Å².